The maximum atomic E-state index is 13.6. The molecule has 1 N–H and O–H groups in total. The van der Waals surface area contributed by atoms with E-state index in [0.717, 1.165) is 21.6 Å². The van der Waals surface area contributed by atoms with Gasteiger partial charge in [0.2, 0.25) is 0 Å². The summed E-state index contributed by atoms with van der Waals surface area (Å²) in [7, 11) is 3.15. The van der Waals surface area contributed by atoms with Crippen molar-refractivity contribution in [3.63, 3.8) is 0 Å². The molecule has 0 aliphatic carbocycles. The summed E-state index contributed by atoms with van der Waals surface area (Å²) in [5.41, 5.74) is 1.81. The third kappa shape index (κ3) is 5.89. The fourth-order valence-corrected chi connectivity index (χ4v) is 6.37. The third-order valence-electron chi connectivity index (χ3n) is 5.81. The Morgan fingerprint density at radius 1 is 1.08 bits per heavy atom. The van der Waals surface area contributed by atoms with Gasteiger partial charge in [0.05, 0.1) is 33.4 Å². The first-order valence-corrected chi connectivity index (χ1v) is 13.6. The van der Waals surface area contributed by atoms with Gasteiger partial charge in [-0.05, 0) is 60.5 Å². The van der Waals surface area contributed by atoms with Crippen LogP contribution in [0.3, 0.4) is 0 Å². The molecule has 1 unspecified atom stereocenters. The second kappa shape index (κ2) is 10.9. The highest BCUT2D eigenvalue weighted by Gasteiger charge is 2.34. The molecular formula is C27H28BrClN2O5S. The number of hydrogen-bond acceptors (Lipinski definition) is 6. The number of hydrogen-bond donors (Lipinski definition) is 1. The Morgan fingerprint density at radius 2 is 1.81 bits per heavy atom. The zero-order valence-corrected chi connectivity index (χ0v) is 24.3. The number of rotatable bonds is 6. The lowest BCUT2D eigenvalue weighted by Crippen LogP contribution is -2.33. The van der Waals surface area contributed by atoms with E-state index in [1.54, 1.807) is 31.3 Å². The zero-order chi connectivity index (χ0) is 26.9. The quantitative estimate of drug-likeness (QED) is 0.328. The van der Waals surface area contributed by atoms with Gasteiger partial charge in [-0.15, -0.1) is 11.3 Å². The molecule has 0 fully saturated rings. The first kappa shape index (κ1) is 27.3. The summed E-state index contributed by atoms with van der Waals surface area (Å²) in [6.07, 6.45) is -0.376. The maximum Gasteiger partial charge on any atom is 0.410 e. The van der Waals surface area contributed by atoms with E-state index < -0.39 is 11.6 Å². The van der Waals surface area contributed by atoms with Gasteiger partial charge >= 0.3 is 6.09 Å². The summed E-state index contributed by atoms with van der Waals surface area (Å²) in [6, 6.07) is 12.2. The summed E-state index contributed by atoms with van der Waals surface area (Å²) in [6.45, 7) is 6.27. The monoisotopic (exact) mass is 606 g/mol. The summed E-state index contributed by atoms with van der Waals surface area (Å²) in [5.74, 6) is 0.931. The molecule has 1 aliphatic heterocycles. The molecule has 0 saturated heterocycles. The first-order chi connectivity index (χ1) is 17.5. The van der Waals surface area contributed by atoms with Crippen molar-refractivity contribution in [1.82, 2.24) is 10.2 Å². The minimum atomic E-state index is -0.579. The number of methoxy groups -OCH3 is 2. The van der Waals surface area contributed by atoms with E-state index in [0.29, 0.717) is 39.0 Å². The predicted molar refractivity (Wildman–Crippen MR) is 148 cm³/mol. The van der Waals surface area contributed by atoms with Gasteiger partial charge in [0.1, 0.15) is 22.0 Å². The minimum absolute atomic E-state index is 0.266. The molecule has 0 radical (unpaired) electrons. The number of fused-ring (bicyclic) bond motifs is 1. The Hall–Kier alpha value is -2.75. The molecule has 37 heavy (non-hydrogen) atoms. The molecule has 7 nitrogen and oxygen atoms in total. The number of amides is 2. The molecule has 2 aromatic carbocycles. The van der Waals surface area contributed by atoms with E-state index in [9.17, 15) is 9.59 Å². The first-order valence-electron chi connectivity index (χ1n) is 11.6. The van der Waals surface area contributed by atoms with E-state index >= 15 is 0 Å². The fraction of sp³-hybridized carbons (Fsp3) is 0.333. The number of nitrogens with one attached hydrogen (secondary N) is 1. The van der Waals surface area contributed by atoms with Crippen molar-refractivity contribution < 1.29 is 23.8 Å². The van der Waals surface area contributed by atoms with Crippen LogP contribution in [0.1, 0.15) is 58.1 Å². The Balaban J connectivity index is 1.63. The van der Waals surface area contributed by atoms with Crippen molar-refractivity contribution in [2.75, 3.05) is 14.2 Å². The van der Waals surface area contributed by atoms with Gasteiger partial charge in [0.25, 0.3) is 5.91 Å². The van der Waals surface area contributed by atoms with E-state index in [1.807, 2.05) is 51.1 Å². The molecule has 1 aliphatic rings. The van der Waals surface area contributed by atoms with Crippen LogP contribution in [0.5, 0.6) is 11.5 Å². The molecule has 4 rings (SSSR count). The molecular weight excluding hydrogens is 580 g/mol. The number of nitrogens with zero attached hydrogens (tertiary/aromatic N) is 1. The van der Waals surface area contributed by atoms with Crippen LogP contribution in [-0.4, -0.2) is 36.7 Å². The van der Waals surface area contributed by atoms with Crippen molar-refractivity contribution in [1.29, 1.82) is 0 Å². The van der Waals surface area contributed by atoms with Gasteiger partial charge in [-0.2, -0.15) is 0 Å². The van der Waals surface area contributed by atoms with Gasteiger partial charge in [-0.25, -0.2) is 4.79 Å². The van der Waals surface area contributed by atoms with Crippen LogP contribution < -0.4 is 14.8 Å². The van der Waals surface area contributed by atoms with Gasteiger partial charge < -0.3 is 19.5 Å². The standard InChI is InChI=1S/C27H28BrClN2O5S/c1-27(2,3)36-26(33)31-13-18-21(14-31)37-24(22(18)28)25(32)30-23(16-8-6-7-9-19(16)29)17-11-10-15(34-4)12-20(17)35-5/h6-12,23H,13-14H2,1-5H3,(H,30,32). The molecule has 2 amide bonds. The fourth-order valence-electron chi connectivity index (χ4n) is 4.08. The molecule has 10 heteroatoms. The molecule has 0 spiro atoms. The minimum Gasteiger partial charge on any atom is -0.497 e. The second-order valence-electron chi connectivity index (χ2n) is 9.52. The largest absolute Gasteiger partial charge is 0.497 e. The number of thiophene rings is 1. The highest BCUT2D eigenvalue weighted by Crippen LogP contribution is 2.41. The number of halogens is 2. The van der Waals surface area contributed by atoms with E-state index in [4.69, 9.17) is 25.8 Å². The van der Waals surface area contributed by atoms with Crippen molar-refractivity contribution in [2.45, 2.75) is 45.5 Å². The average Bonchev–Trinajstić information content (AvgIpc) is 3.41. The third-order valence-corrected chi connectivity index (χ3v) is 8.51. The zero-order valence-electron chi connectivity index (χ0n) is 21.2. The SMILES string of the molecule is COc1ccc(C(NC(=O)c2sc3c(c2Br)CN(C(=O)OC(C)(C)C)C3)c2ccccc2Cl)c(OC)c1. The normalized spacial score (nSPS) is 13.6. The topological polar surface area (TPSA) is 77.1 Å². The summed E-state index contributed by atoms with van der Waals surface area (Å²) in [4.78, 5) is 29.3. The summed E-state index contributed by atoms with van der Waals surface area (Å²) >= 11 is 11.5. The lowest BCUT2D eigenvalue weighted by molar-refractivity contribution is 0.0242. The Labute approximate surface area is 233 Å². The van der Waals surface area contributed by atoms with Crippen LogP contribution in [0, 0.1) is 0 Å². The van der Waals surface area contributed by atoms with Crippen molar-refractivity contribution >= 4 is 50.9 Å². The van der Waals surface area contributed by atoms with Crippen LogP contribution in [0.2, 0.25) is 5.02 Å². The van der Waals surface area contributed by atoms with Crippen molar-refractivity contribution in [3.05, 3.63) is 78.4 Å². The molecule has 0 saturated carbocycles. The van der Waals surface area contributed by atoms with Crippen LogP contribution >= 0.6 is 38.9 Å². The van der Waals surface area contributed by atoms with Crippen LogP contribution in [0.4, 0.5) is 4.79 Å². The van der Waals surface area contributed by atoms with Crippen LogP contribution in [0.25, 0.3) is 0 Å². The number of ether oxygens (including phenoxy) is 3. The highest BCUT2D eigenvalue weighted by molar-refractivity contribution is 9.10. The molecule has 196 valence electrons. The van der Waals surface area contributed by atoms with Crippen molar-refractivity contribution in [2.24, 2.45) is 0 Å². The maximum absolute atomic E-state index is 13.6. The lowest BCUT2D eigenvalue weighted by atomic mass is 9.97. The Kier molecular flexibility index (Phi) is 8.06. The summed E-state index contributed by atoms with van der Waals surface area (Å²) in [5, 5.41) is 3.66. The Morgan fingerprint density at radius 3 is 2.43 bits per heavy atom. The lowest BCUT2D eigenvalue weighted by Gasteiger charge is -2.24. The van der Waals surface area contributed by atoms with Crippen molar-refractivity contribution in [3.8, 4) is 11.5 Å². The molecule has 1 aromatic heterocycles. The number of carbonyl (C=O) groups is 2. The smallest absolute Gasteiger partial charge is 0.410 e. The van der Waals surface area contributed by atoms with E-state index in [1.165, 1.54) is 11.3 Å². The number of benzene rings is 2. The van der Waals surface area contributed by atoms with Gasteiger partial charge in [-0.1, -0.05) is 29.8 Å². The van der Waals surface area contributed by atoms with Gasteiger partial charge in [-0.3, -0.25) is 9.69 Å². The predicted octanol–water partition coefficient (Wildman–Crippen LogP) is 6.95. The molecule has 1 atom stereocenters. The highest BCUT2D eigenvalue weighted by atomic mass is 79.9. The summed E-state index contributed by atoms with van der Waals surface area (Å²) < 4.78 is 17.1. The van der Waals surface area contributed by atoms with E-state index in [2.05, 4.69) is 21.2 Å². The van der Waals surface area contributed by atoms with E-state index in [-0.39, 0.29) is 12.0 Å². The average molecular weight is 608 g/mol. The molecule has 3 aromatic rings. The second-order valence-corrected chi connectivity index (χ2v) is 11.8. The molecule has 0 bridgehead atoms. The van der Waals surface area contributed by atoms with Gasteiger partial charge in [0, 0.05) is 31.6 Å². The van der Waals surface area contributed by atoms with Crippen LogP contribution in [0.15, 0.2) is 46.9 Å². The molecule has 2 heterocycles. The van der Waals surface area contributed by atoms with Crippen LogP contribution in [-0.2, 0) is 17.8 Å². The Bertz CT molecular complexity index is 1340. The van der Waals surface area contributed by atoms with Gasteiger partial charge in [0.15, 0.2) is 0 Å². The number of carbonyl (C=O) groups excluding carboxylic acids is 2.